The van der Waals surface area contributed by atoms with Gasteiger partial charge in [-0.25, -0.2) is 17.8 Å². The summed E-state index contributed by atoms with van der Waals surface area (Å²) in [5.41, 5.74) is 0. The first-order valence-corrected chi connectivity index (χ1v) is 6.78. The van der Waals surface area contributed by atoms with E-state index in [1.54, 1.807) is 12.1 Å². The van der Waals surface area contributed by atoms with Gasteiger partial charge in [0.05, 0.1) is 7.11 Å². The van der Waals surface area contributed by atoms with Crippen molar-refractivity contribution in [2.24, 2.45) is 0 Å². The standard InChI is InChI=1S/C12H11FN2O3S/c1-18-10-6-5-9(13)8-11(10)19(16,17)15-12-4-2-3-7-14-12/h2-8H,1H3,(H,14,15). The maximum Gasteiger partial charge on any atom is 0.266 e. The molecule has 0 fully saturated rings. The minimum absolute atomic E-state index is 0.0600. The van der Waals surface area contributed by atoms with Crippen LogP contribution in [-0.4, -0.2) is 20.5 Å². The molecular formula is C12H11FN2O3S. The molecule has 1 aromatic heterocycles. The number of nitrogens with one attached hydrogen (secondary N) is 1. The molecule has 2 rings (SSSR count). The van der Waals surface area contributed by atoms with Crippen molar-refractivity contribution in [3.05, 3.63) is 48.4 Å². The van der Waals surface area contributed by atoms with Crippen LogP contribution in [0.25, 0.3) is 0 Å². The first-order chi connectivity index (χ1) is 9.03. The first kappa shape index (κ1) is 13.3. The predicted molar refractivity (Wildman–Crippen MR) is 68.0 cm³/mol. The number of sulfonamides is 1. The van der Waals surface area contributed by atoms with Crippen LogP contribution in [0.1, 0.15) is 0 Å². The second-order valence-corrected chi connectivity index (χ2v) is 5.27. The molecule has 1 aromatic carbocycles. The van der Waals surface area contributed by atoms with Crippen LogP contribution in [0.4, 0.5) is 10.2 Å². The fourth-order valence-electron chi connectivity index (χ4n) is 1.48. The van der Waals surface area contributed by atoms with E-state index in [2.05, 4.69) is 9.71 Å². The lowest BCUT2D eigenvalue weighted by Gasteiger charge is -2.10. The van der Waals surface area contributed by atoms with Crippen LogP contribution in [0, 0.1) is 5.82 Å². The van der Waals surface area contributed by atoms with Crippen LogP contribution < -0.4 is 9.46 Å². The van der Waals surface area contributed by atoms with Crippen molar-refractivity contribution in [1.82, 2.24) is 4.98 Å². The van der Waals surface area contributed by atoms with Gasteiger partial charge >= 0.3 is 0 Å². The summed E-state index contributed by atoms with van der Waals surface area (Å²) in [5, 5.41) is 0. The third-order valence-electron chi connectivity index (χ3n) is 2.32. The van der Waals surface area contributed by atoms with E-state index >= 15 is 0 Å². The van der Waals surface area contributed by atoms with E-state index in [0.29, 0.717) is 0 Å². The topological polar surface area (TPSA) is 68.3 Å². The molecule has 0 bridgehead atoms. The Morgan fingerprint density at radius 2 is 2.05 bits per heavy atom. The van der Waals surface area contributed by atoms with Gasteiger partial charge in [0.2, 0.25) is 0 Å². The minimum atomic E-state index is -3.96. The average molecular weight is 282 g/mol. The largest absolute Gasteiger partial charge is 0.495 e. The van der Waals surface area contributed by atoms with Crippen molar-refractivity contribution >= 4 is 15.8 Å². The Bertz CT molecular complexity index is 675. The Labute approximate surface area is 110 Å². The van der Waals surface area contributed by atoms with Gasteiger partial charge in [0.25, 0.3) is 10.0 Å². The third-order valence-corrected chi connectivity index (χ3v) is 3.69. The summed E-state index contributed by atoms with van der Waals surface area (Å²) >= 11 is 0. The van der Waals surface area contributed by atoms with Crippen LogP contribution >= 0.6 is 0 Å². The molecule has 0 atom stereocenters. The second kappa shape index (κ2) is 5.23. The highest BCUT2D eigenvalue weighted by Gasteiger charge is 2.20. The molecule has 1 heterocycles. The molecule has 7 heteroatoms. The third kappa shape index (κ3) is 3.00. The molecule has 0 saturated carbocycles. The van der Waals surface area contributed by atoms with Crippen LogP contribution in [0.3, 0.4) is 0 Å². The summed E-state index contributed by atoms with van der Waals surface area (Å²) in [7, 11) is -2.64. The molecule has 100 valence electrons. The highest BCUT2D eigenvalue weighted by atomic mass is 32.2. The smallest absolute Gasteiger partial charge is 0.266 e. The molecular weight excluding hydrogens is 271 g/mol. The van der Waals surface area contributed by atoms with Crippen molar-refractivity contribution < 1.29 is 17.5 Å². The van der Waals surface area contributed by atoms with Crippen LogP contribution in [-0.2, 0) is 10.0 Å². The zero-order valence-electron chi connectivity index (χ0n) is 10.00. The molecule has 0 spiro atoms. The Morgan fingerprint density at radius 1 is 1.26 bits per heavy atom. The summed E-state index contributed by atoms with van der Waals surface area (Å²) in [6, 6.07) is 8.04. The lowest BCUT2D eigenvalue weighted by atomic mass is 10.3. The number of rotatable bonds is 4. The molecule has 0 aliphatic rings. The minimum Gasteiger partial charge on any atom is -0.495 e. The van der Waals surface area contributed by atoms with E-state index in [0.717, 1.165) is 12.1 Å². The molecule has 0 radical (unpaired) electrons. The highest BCUT2D eigenvalue weighted by molar-refractivity contribution is 7.92. The molecule has 0 saturated heterocycles. The van der Waals surface area contributed by atoms with Gasteiger partial charge in [0, 0.05) is 6.20 Å². The van der Waals surface area contributed by atoms with Crippen LogP contribution in [0.2, 0.25) is 0 Å². The lowest BCUT2D eigenvalue weighted by Crippen LogP contribution is -2.15. The normalized spacial score (nSPS) is 11.1. The summed E-state index contributed by atoms with van der Waals surface area (Å²) in [6.45, 7) is 0. The highest BCUT2D eigenvalue weighted by Crippen LogP contribution is 2.25. The summed E-state index contributed by atoms with van der Waals surface area (Å²) in [5.74, 6) is -0.458. The zero-order chi connectivity index (χ0) is 13.9. The van der Waals surface area contributed by atoms with E-state index in [1.807, 2.05) is 0 Å². The van der Waals surface area contributed by atoms with Crippen molar-refractivity contribution in [2.75, 3.05) is 11.8 Å². The maximum atomic E-state index is 13.2. The number of hydrogen-bond donors (Lipinski definition) is 1. The van der Waals surface area contributed by atoms with Crippen LogP contribution in [0.5, 0.6) is 5.75 Å². The average Bonchev–Trinajstić information content (AvgIpc) is 2.39. The fraction of sp³-hybridized carbons (Fsp3) is 0.0833. The number of halogens is 1. The van der Waals surface area contributed by atoms with E-state index in [4.69, 9.17) is 4.74 Å². The Hall–Kier alpha value is -2.15. The summed E-state index contributed by atoms with van der Waals surface area (Å²) in [4.78, 5) is 3.57. The van der Waals surface area contributed by atoms with Crippen molar-refractivity contribution in [1.29, 1.82) is 0 Å². The monoisotopic (exact) mass is 282 g/mol. The molecule has 0 amide bonds. The SMILES string of the molecule is COc1ccc(F)cc1S(=O)(=O)Nc1ccccn1. The molecule has 2 aromatic rings. The first-order valence-electron chi connectivity index (χ1n) is 5.30. The molecule has 0 aliphatic heterocycles. The number of nitrogens with zero attached hydrogens (tertiary/aromatic N) is 1. The number of methoxy groups -OCH3 is 1. The van der Waals surface area contributed by atoms with Gasteiger partial charge < -0.3 is 4.74 Å². The van der Waals surface area contributed by atoms with Gasteiger partial charge in [-0.3, -0.25) is 4.72 Å². The quantitative estimate of drug-likeness (QED) is 0.931. The molecule has 1 N–H and O–H groups in total. The molecule has 19 heavy (non-hydrogen) atoms. The van der Waals surface area contributed by atoms with Crippen molar-refractivity contribution in [3.8, 4) is 5.75 Å². The van der Waals surface area contributed by atoms with Gasteiger partial charge in [0.15, 0.2) is 0 Å². The number of anilines is 1. The Kier molecular flexibility index (Phi) is 3.66. The van der Waals surface area contributed by atoms with E-state index in [9.17, 15) is 12.8 Å². The number of hydrogen-bond acceptors (Lipinski definition) is 4. The second-order valence-electron chi connectivity index (χ2n) is 3.62. The van der Waals surface area contributed by atoms with E-state index < -0.39 is 15.8 Å². The van der Waals surface area contributed by atoms with Gasteiger partial charge in [-0.2, -0.15) is 0 Å². The van der Waals surface area contributed by atoms with Crippen molar-refractivity contribution in [2.45, 2.75) is 4.90 Å². The van der Waals surface area contributed by atoms with E-state index in [-0.39, 0.29) is 16.5 Å². The van der Waals surface area contributed by atoms with Gasteiger partial charge in [-0.05, 0) is 30.3 Å². The lowest BCUT2D eigenvalue weighted by molar-refractivity contribution is 0.401. The number of ether oxygens (including phenoxy) is 1. The van der Waals surface area contributed by atoms with Crippen LogP contribution in [0.15, 0.2) is 47.5 Å². The summed E-state index contributed by atoms with van der Waals surface area (Å²) < 4.78 is 44.6. The predicted octanol–water partition coefficient (Wildman–Crippen LogP) is 2.03. The zero-order valence-corrected chi connectivity index (χ0v) is 10.8. The summed E-state index contributed by atoms with van der Waals surface area (Å²) in [6.07, 6.45) is 1.45. The molecule has 5 nitrogen and oxygen atoms in total. The Morgan fingerprint density at radius 3 is 2.68 bits per heavy atom. The Balaban J connectivity index is 2.42. The molecule has 0 aliphatic carbocycles. The fourth-order valence-corrected chi connectivity index (χ4v) is 2.67. The van der Waals surface area contributed by atoms with Gasteiger partial charge in [0.1, 0.15) is 22.3 Å². The van der Waals surface area contributed by atoms with Crippen molar-refractivity contribution in [3.63, 3.8) is 0 Å². The molecule has 0 unspecified atom stereocenters. The number of pyridine rings is 1. The number of benzene rings is 1. The number of aromatic nitrogens is 1. The maximum absolute atomic E-state index is 13.2. The van der Waals surface area contributed by atoms with E-state index in [1.165, 1.54) is 25.4 Å². The van der Waals surface area contributed by atoms with Gasteiger partial charge in [-0.1, -0.05) is 6.07 Å². The van der Waals surface area contributed by atoms with Gasteiger partial charge in [-0.15, -0.1) is 0 Å².